The first-order valence-electron chi connectivity index (χ1n) is 8.25. The highest BCUT2D eigenvalue weighted by atomic mass is 16.3. The quantitative estimate of drug-likeness (QED) is 0.597. The van der Waals surface area contributed by atoms with E-state index in [-0.39, 0.29) is 12.1 Å². The fourth-order valence-electron chi connectivity index (χ4n) is 3.21. The number of rotatable bonds is 10. The van der Waals surface area contributed by atoms with Gasteiger partial charge in [0.15, 0.2) is 0 Å². The molecule has 1 rings (SSSR count). The Morgan fingerprint density at radius 3 is 2.70 bits per heavy atom. The summed E-state index contributed by atoms with van der Waals surface area (Å²) in [5.41, 5.74) is -0.0982. The fraction of sp³-hybridized carbons (Fsp3) is 1.00. The van der Waals surface area contributed by atoms with Crippen LogP contribution in [0.3, 0.4) is 0 Å². The summed E-state index contributed by atoms with van der Waals surface area (Å²) >= 11 is 0. The highest BCUT2D eigenvalue weighted by Gasteiger charge is 2.23. The van der Waals surface area contributed by atoms with Crippen molar-refractivity contribution in [2.75, 3.05) is 46.9 Å². The molecule has 120 valence electrons. The first-order valence-corrected chi connectivity index (χ1v) is 8.25. The number of nitrogens with one attached hydrogen (secondary N) is 1. The van der Waals surface area contributed by atoms with Gasteiger partial charge in [-0.25, -0.2) is 0 Å². The van der Waals surface area contributed by atoms with Gasteiger partial charge in [0.2, 0.25) is 0 Å². The van der Waals surface area contributed by atoms with Crippen LogP contribution in [0.1, 0.15) is 46.0 Å². The Bertz CT molecular complexity index is 262. The van der Waals surface area contributed by atoms with E-state index in [2.05, 4.69) is 43.1 Å². The minimum atomic E-state index is -0.0982. The number of likely N-dealkylation sites (tertiary alicyclic amines) is 1. The summed E-state index contributed by atoms with van der Waals surface area (Å²) in [6.07, 6.45) is 6.15. The SMILES string of the molecule is CCNC(C)(CO)CCCCN(C)CC1CCCN1C. The van der Waals surface area contributed by atoms with Crippen molar-refractivity contribution in [2.45, 2.75) is 57.5 Å². The molecule has 0 saturated carbocycles. The van der Waals surface area contributed by atoms with Crippen LogP contribution in [0.5, 0.6) is 0 Å². The Labute approximate surface area is 125 Å². The predicted octanol–water partition coefficient (Wildman–Crippen LogP) is 1.54. The second-order valence-electron chi connectivity index (χ2n) is 6.75. The normalized spacial score (nSPS) is 23.4. The molecular formula is C16H35N3O. The van der Waals surface area contributed by atoms with Crippen molar-refractivity contribution in [3.05, 3.63) is 0 Å². The van der Waals surface area contributed by atoms with Crippen molar-refractivity contribution in [3.8, 4) is 0 Å². The van der Waals surface area contributed by atoms with Crippen LogP contribution in [0.25, 0.3) is 0 Å². The lowest BCUT2D eigenvalue weighted by Crippen LogP contribution is -2.45. The first kappa shape index (κ1) is 17.9. The van der Waals surface area contributed by atoms with Crippen LogP contribution in [0, 0.1) is 0 Å². The third-order valence-electron chi connectivity index (χ3n) is 4.66. The van der Waals surface area contributed by atoms with Gasteiger partial charge in [0, 0.05) is 18.1 Å². The molecule has 2 unspecified atom stereocenters. The molecule has 2 N–H and O–H groups in total. The van der Waals surface area contributed by atoms with E-state index in [1.165, 1.54) is 38.8 Å². The largest absolute Gasteiger partial charge is 0.394 e. The van der Waals surface area contributed by atoms with E-state index in [4.69, 9.17) is 0 Å². The van der Waals surface area contributed by atoms with Crippen LogP contribution in [-0.2, 0) is 0 Å². The summed E-state index contributed by atoms with van der Waals surface area (Å²) in [4.78, 5) is 4.96. The zero-order valence-corrected chi connectivity index (χ0v) is 14.0. The van der Waals surface area contributed by atoms with E-state index in [9.17, 15) is 5.11 Å². The van der Waals surface area contributed by atoms with Gasteiger partial charge in [0.1, 0.15) is 0 Å². The number of hydrogen-bond acceptors (Lipinski definition) is 4. The van der Waals surface area contributed by atoms with E-state index < -0.39 is 0 Å². The van der Waals surface area contributed by atoms with E-state index in [1.807, 2.05) is 0 Å². The lowest BCUT2D eigenvalue weighted by molar-refractivity contribution is 0.162. The molecule has 1 saturated heterocycles. The summed E-state index contributed by atoms with van der Waals surface area (Å²) in [5.74, 6) is 0. The number of aliphatic hydroxyl groups is 1. The minimum Gasteiger partial charge on any atom is -0.394 e. The molecule has 1 aliphatic heterocycles. The lowest BCUT2D eigenvalue weighted by atomic mass is 9.95. The van der Waals surface area contributed by atoms with Gasteiger partial charge in [0.05, 0.1) is 6.61 Å². The van der Waals surface area contributed by atoms with Gasteiger partial charge in [-0.3, -0.25) is 0 Å². The van der Waals surface area contributed by atoms with Gasteiger partial charge in [-0.15, -0.1) is 0 Å². The molecule has 0 aromatic rings. The second kappa shape index (κ2) is 8.98. The molecule has 1 fully saturated rings. The first-order chi connectivity index (χ1) is 9.50. The third-order valence-corrected chi connectivity index (χ3v) is 4.66. The van der Waals surface area contributed by atoms with Crippen molar-refractivity contribution in [3.63, 3.8) is 0 Å². The van der Waals surface area contributed by atoms with Crippen molar-refractivity contribution in [1.29, 1.82) is 0 Å². The van der Waals surface area contributed by atoms with Crippen LogP contribution < -0.4 is 5.32 Å². The summed E-state index contributed by atoms with van der Waals surface area (Å²) in [6.45, 7) is 8.98. The molecule has 2 atom stereocenters. The van der Waals surface area contributed by atoms with Gasteiger partial charge >= 0.3 is 0 Å². The Morgan fingerprint density at radius 1 is 1.40 bits per heavy atom. The van der Waals surface area contributed by atoms with Crippen molar-refractivity contribution < 1.29 is 5.11 Å². The zero-order valence-electron chi connectivity index (χ0n) is 14.0. The predicted molar refractivity (Wildman–Crippen MR) is 86.2 cm³/mol. The van der Waals surface area contributed by atoms with Crippen molar-refractivity contribution in [2.24, 2.45) is 0 Å². The molecule has 1 aliphatic rings. The maximum Gasteiger partial charge on any atom is 0.0610 e. The Balaban J connectivity index is 2.13. The second-order valence-corrected chi connectivity index (χ2v) is 6.75. The smallest absolute Gasteiger partial charge is 0.0610 e. The molecule has 0 aromatic carbocycles. The van der Waals surface area contributed by atoms with Gasteiger partial charge in [-0.1, -0.05) is 13.3 Å². The summed E-state index contributed by atoms with van der Waals surface area (Å²) in [7, 11) is 4.48. The Morgan fingerprint density at radius 2 is 2.15 bits per heavy atom. The highest BCUT2D eigenvalue weighted by molar-refractivity contribution is 4.82. The van der Waals surface area contributed by atoms with E-state index in [0.717, 1.165) is 25.6 Å². The summed E-state index contributed by atoms with van der Waals surface area (Å²) < 4.78 is 0. The van der Waals surface area contributed by atoms with Gasteiger partial charge in [-0.05, 0) is 66.3 Å². The topological polar surface area (TPSA) is 38.7 Å². The van der Waals surface area contributed by atoms with Crippen LogP contribution in [0.2, 0.25) is 0 Å². The van der Waals surface area contributed by atoms with Crippen LogP contribution in [-0.4, -0.2) is 73.4 Å². The number of nitrogens with zero attached hydrogens (tertiary/aromatic N) is 2. The number of hydrogen-bond donors (Lipinski definition) is 2. The maximum absolute atomic E-state index is 9.47. The Kier molecular flexibility index (Phi) is 8.03. The molecule has 0 aliphatic carbocycles. The molecule has 4 nitrogen and oxygen atoms in total. The van der Waals surface area contributed by atoms with Crippen LogP contribution in [0.15, 0.2) is 0 Å². The molecule has 20 heavy (non-hydrogen) atoms. The fourth-order valence-corrected chi connectivity index (χ4v) is 3.21. The lowest BCUT2D eigenvalue weighted by Gasteiger charge is -2.29. The molecule has 0 spiro atoms. The van der Waals surface area contributed by atoms with Crippen LogP contribution in [0.4, 0.5) is 0 Å². The third kappa shape index (κ3) is 6.08. The number of likely N-dealkylation sites (N-methyl/N-ethyl adjacent to an activating group) is 3. The van der Waals surface area contributed by atoms with Crippen molar-refractivity contribution in [1.82, 2.24) is 15.1 Å². The molecule has 1 heterocycles. The van der Waals surface area contributed by atoms with E-state index in [0.29, 0.717) is 0 Å². The maximum atomic E-state index is 9.47. The van der Waals surface area contributed by atoms with Crippen molar-refractivity contribution >= 4 is 0 Å². The summed E-state index contributed by atoms with van der Waals surface area (Å²) in [6, 6.07) is 0.754. The standard InChI is InChI=1S/C16H35N3O/c1-5-17-16(2,14-20)10-6-7-11-18(3)13-15-9-8-12-19(15)4/h15,17,20H,5-14H2,1-4H3. The average molecular weight is 285 g/mol. The Hall–Kier alpha value is -0.160. The molecule has 0 radical (unpaired) electrons. The van der Waals surface area contributed by atoms with E-state index >= 15 is 0 Å². The van der Waals surface area contributed by atoms with Gasteiger partial charge < -0.3 is 20.2 Å². The van der Waals surface area contributed by atoms with E-state index in [1.54, 1.807) is 0 Å². The van der Waals surface area contributed by atoms with Gasteiger partial charge in [-0.2, -0.15) is 0 Å². The average Bonchev–Trinajstić information content (AvgIpc) is 2.81. The highest BCUT2D eigenvalue weighted by Crippen LogP contribution is 2.16. The summed E-state index contributed by atoms with van der Waals surface area (Å²) in [5, 5.41) is 12.9. The molecular weight excluding hydrogens is 250 g/mol. The molecule has 4 heteroatoms. The zero-order chi connectivity index (χ0) is 15.0. The number of aliphatic hydroxyl groups excluding tert-OH is 1. The molecule has 0 amide bonds. The number of unbranched alkanes of at least 4 members (excludes halogenated alkanes) is 1. The van der Waals surface area contributed by atoms with Crippen LogP contribution >= 0.6 is 0 Å². The monoisotopic (exact) mass is 285 g/mol. The molecule has 0 bridgehead atoms. The molecule has 0 aromatic heterocycles. The van der Waals surface area contributed by atoms with Gasteiger partial charge in [0.25, 0.3) is 0 Å². The minimum absolute atomic E-state index is 0.0982.